The molecule has 2 atom stereocenters. The highest BCUT2D eigenvalue weighted by Gasteiger charge is 2.33. The molecule has 0 saturated heterocycles. The molecule has 0 radical (unpaired) electrons. The zero-order valence-electron chi connectivity index (χ0n) is 14.0. The van der Waals surface area contributed by atoms with Crippen LogP contribution in [0.4, 0.5) is 0 Å². The summed E-state index contributed by atoms with van der Waals surface area (Å²) in [7, 11) is 3.40. The van der Waals surface area contributed by atoms with Gasteiger partial charge in [-0.3, -0.25) is 0 Å². The maximum atomic E-state index is 6.13. The molecule has 0 aliphatic rings. The lowest BCUT2D eigenvalue weighted by Gasteiger charge is -2.37. The van der Waals surface area contributed by atoms with E-state index in [1.165, 1.54) is 0 Å². The third-order valence-corrected chi connectivity index (χ3v) is 3.87. The van der Waals surface area contributed by atoms with E-state index in [0.717, 1.165) is 18.5 Å². The molecule has 4 heteroatoms. The lowest BCUT2D eigenvalue weighted by Crippen LogP contribution is -2.41. The van der Waals surface area contributed by atoms with Crippen molar-refractivity contribution < 1.29 is 9.47 Å². The van der Waals surface area contributed by atoms with Gasteiger partial charge in [0, 0.05) is 7.11 Å². The zero-order chi connectivity index (χ0) is 16.0. The minimum Gasteiger partial charge on any atom is -0.495 e. The van der Waals surface area contributed by atoms with Crippen molar-refractivity contribution in [3.8, 4) is 5.75 Å². The monoisotopic (exact) mass is 313 g/mol. The van der Waals surface area contributed by atoms with Gasteiger partial charge in [0.1, 0.15) is 5.75 Å². The van der Waals surface area contributed by atoms with Crippen LogP contribution in [0.15, 0.2) is 18.2 Å². The molecule has 0 amide bonds. The van der Waals surface area contributed by atoms with Crippen molar-refractivity contribution in [2.75, 3.05) is 20.8 Å². The van der Waals surface area contributed by atoms with Crippen LogP contribution in [0.5, 0.6) is 5.75 Å². The number of hydrogen-bond donors (Lipinski definition) is 1. The second kappa shape index (κ2) is 8.02. The van der Waals surface area contributed by atoms with E-state index >= 15 is 0 Å². The number of halogens is 1. The van der Waals surface area contributed by atoms with E-state index in [-0.39, 0.29) is 17.6 Å². The molecule has 0 aliphatic carbocycles. The van der Waals surface area contributed by atoms with Crippen LogP contribution < -0.4 is 10.1 Å². The van der Waals surface area contributed by atoms with Crippen molar-refractivity contribution >= 4 is 11.6 Å². The average Bonchev–Trinajstić information content (AvgIpc) is 2.42. The highest BCUT2D eigenvalue weighted by molar-refractivity contribution is 6.32. The minimum absolute atomic E-state index is 0.0209. The molecule has 0 heterocycles. The summed E-state index contributed by atoms with van der Waals surface area (Å²) >= 11 is 6.13. The van der Waals surface area contributed by atoms with E-state index in [4.69, 9.17) is 21.1 Å². The van der Waals surface area contributed by atoms with Gasteiger partial charge in [-0.05, 0) is 36.1 Å². The third-order valence-electron chi connectivity index (χ3n) is 3.56. The molecular weight excluding hydrogens is 286 g/mol. The maximum absolute atomic E-state index is 6.13. The van der Waals surface area contributed by atoms with Crippen LogP contribution in [0.1, 0.15) is 45.7 Å². The summed E-state index contributed by atoms with van der Waals surface area (Å²) in [6, 6.07) is 6.01. The molecule has 0 aromatic heterocycles. The number of benzene rings is 1. The Morgan fingerprint density at radius 3 is 2.38 bits per heavy atom. The van der Waals surface area contributed by atoms with E-state index in [0.29, 0.717) is 10.8 Å². The number of nitrogens with one attached hydrogen (secondary N) is 1. The molecule has 3 nitrogen and oxygen atoms in total. The van der Waals surface area contributed by atoms with E-state index in [9.17, 15) is 0 Å². The van der Waals surface area contributed by atoms with Gasteiger partial charge in [0.05, 0.1) is 24.3 Å². The minimum atomic E-state index is 0.0209. The van der Waals surface area contributed by atoms with Gasteiger partial charge in [-0.2, -0.15) is 0 Å². The number of hydrogen-bond acceptors (Lipinski definition) is 3. The van der Waals surface area contributed by atoms with E-state index < -0.39 is 0 Å². The third kappa shape index (κ3) is 4.87. The topological polar surface area (TPSA) is 30.5 Å². The van der Waals surface area contributed by atoms with Gasteiger partial charge in [-0.1, -0.05) is 45.4 Å². The van der Waals surface area contributed by atoms with Crippen molar-refractivity contribution in [1.29, 1.82) is 0 Å². The Kier molecular flexibility index (Phi) is 6.98. The lowest BCUT2D eigenvalue weighted by molar-refractivity contribution is -0.0119. The number of methoxy groups -OCH3 is 2. The summed E-state index contributed by atoms with van der Waals surface area (Å²) in [6.45, 7) is 9.66. The Balaban J connectivity index is 3.17. The van der Waals surface area contributed by atoms with Gasteiger partial charge < -0.3 is 14.8 Å². The van der Waals surface area contributed by atoms with Crippen molar-refractivity contribution in [3.05, 3.63) is 28.8 Å². The summed E-state index contributed by atoms with van der Waals surface area (Å²) in [4.78, 5) is 0. The summed E-state index contributed by atoms with van der Waals surface area (Å²) < 4.78 is 11.1. The maximum Gasteiger partial charge on any atom is 0.137 e. The van der Waals surface area contributed by atoms with E-state index in [1.807, 2.05) is 18.2 Å². The Hall–Kier alpha value is -0.770. The molecule has 1 aromatic rings. The highest BCUT2D eigenvalue weighted by atomic mass is 35.5. The van der Waals surface area contributed by atoms with Gasteiger partial charge in [0.15, 0.2) is 0 Å². The predicted octanol–water partition coefficient (Wildman–Crippen LogP) is 4.45. The standard InChI is InChI=1S/C17H28ClNO2/c1-7-10-19-15(16(21-6)17(2,3)4)12-8-9-13(18)14(11-12)20-5/h8-9,11,15-16,19H,7,10H2,1-6H3. The Morgan fingerprint density at radius 2 is 1.90 bits per heavy atom. The fourth-order valence-corrected chi connectivity index (χ4v) is 2.75. The summed E-state index contributed by atoms with van der Waals surface area (Å²) in [6.07, 6.45) is 1.12. The largest absolute Gasteiger partial charge is 0.495 e. The molecule has 0 saturated carbocycles. The zero-order valence-corrected chi connectivity index (χ0v) is 14.8. The fourth-order valence-electron chi connectivity index (χ4n) is 2.56. The second-order valence-corrected chi connectivity index (χ2v) is 6.76. The number of ether oxygens (including phenoxy) is 2. The van der Waals surface area contributed by atoms with Crippen molar-refractivity contribution in [2.45, 2.75) is 46.3 Å². The van der Waals surface area contributed by atoms with Crippen molar-refractivity contribution in [3.63, 3.8) is 0 Å². The molecule has 1 aromatic carbocycles. The summed E-state index contributed by atoms with van der Waals surface area (Å²) in [5, 5.41) is 4.22. The molecule has 1 rings (SSSR count). The first-order chi connectivity index (χ1) is 9.85. The summed E-state index contributed by atoms with van der Waals surface area (Å²) in [5.74, 6) is 0.696. The van der Waals surface area contributed by atoms with E-state index in [2.05, 4.69) is 33.0 Å². The predicted molar refractivity (Wildman–Crippen MR) is 89.3 cm³/mol. The molecule has 0 bridgehead atoms. The smallest absolute Gasteiger partial charge is 0.137 e. The molecule has 0 aliphatic heterocycles. The van der Waals surface area contributed by atoms with Crippen LogP contribution in [0.25, 0.3) is 0 Å². The molecular formula is C17H28ClNO2. The first-order valence-corrected chi connectivity index (χ1v) is 7.82. The van der Waals surface area contributed by atoms with Crippen LogP contribution >= 0.6 is 11.6 Å². The second-order valence-electron chi connectivity index (χ2n) is 6.35. The Labute approximate surface area is 134 Å². The summed E-state index contributed by atoms with van der Waals surface area (Å²) in [5.41, 5.74) is 1.15. The van der Waals surface area contributed by atoms with Crippen LogP contribution in [0.2, 0.25) is 5.02 Å². The molecule has 120 valence electrons. The van der Waals surface area contributed by atoms with Gasteiger partial charge in [0.25, 0.3) is 0 Å². The first-order valence-electron chi connectivity index (χ1n) is 7.44. The SMILES string of the molecule is CCCNC(c1ccc(Cl)c(OC)c1)C(OC)C(C)(C)C. The Morgan fingerprint density at radius 1 is 1.24 bits per heavy atom. The van der Waals surface area contributed by atoms with Gasteiger partial charge in [-0.25, -0.2) is 0 Å². The highest BCUT2D eigenvalue weighted by Crippen LogP contribution is 2.35. The lowest BCUT2D eigenvalue weighted by atomic mass is 9.82. The molecule has 2 unspecified atom stereocenters. The Bertz CT molecular complexity index is 443. The van der Waals surface area contributed by atoms with Crippen molar-refractivity contribution in [1.82, 2.24) is 5.32 Å². The molecule has 1 N–H and O–H groups in total. The molecule has 0 fully saturated rings. The quantitative estimate of drug-likeness (QED) is 0.806. The van der Waals surface area contributed by atoms with Gasteiger partial charge in [0.2, 0.25) is 0 Å². The first kappa shape index (κ1) is 18.3. The van der Waals surface area contributed by atoms with Crippen LogP contribution in [-0.4, -0.2) is 26.9 Å². The van der Waals surface area contributed by atoms with Gasteiger partial charge in [-0.15, -0.1) is 0 Å². The molecule has 21 heavy (non-hydrogen) atoms. The van der Waals surface area contributed by atoms with Crippen molar-refractivity contribution in [2.24, 2.45) is 5.41 Å². The average molecular weight is 314 g/mol. The van der Waals surface area contributed by atoms with Crippen LogP contribution in [0, 0.1) is 5.41 Å². The molecule has 0 spiro atoms. The normalized spacial score (nSPS) is 14.8. The van der Waals surface area contributed by atoms with Gasteiger partial charge >= 0.3 is 0 Å². The van der Waals surface area contributed by atoms with E-state index in [1.54, 1.807) is 14.2 Å². The van der Waals surface area contributed by atoms with Crippen LogP contribution in [-0.2, 0) is 4.74 Å². The van der Waals surface area contributed by atoms with Crippen LogP contribution in [0.3, 0.4) is 0 Å². The number of rotatable bonds is 7. The fraction of sp³-hybridized carbons (Fsp3) is 0.647.